The van der Waals surface area contributed by atoms with E-state index in [9.17, 15) is 36.3 Å². The van der Waals surface area contributed by atoms with Gasteiger partial charge in [0.15, 0.2) is 26.8 Å². The molecule has 0 unspecified atom stereocenters. The Bertz CT molecular complexity index is 1990. The number of Topliss-reactive ketones (excluding diaryl/α,β-unsaturated/α-hetero) is 1. The highest BCUT2D eigenvalue weighted by Crippen LogP contribution is 2.37. The average molecular weight is 646 g/mol. The second-order valence-electron chi connectivity index (χ2n) is 10.6. The van der Waals surface area contributed by atoms with Crippen LogP contribution in [0.1, 0.15) is 44.0 Å². The van der Waals surface area contributed by atoms with Crippen LogP contribution in [0.15, 0.2) is 46.1 Å². The van der Waals surface area contributed by atoms with Crippen molar-refractivity contribution < 1.29 is 36.2 Å². The summed E-state index contributed by atoms with van der Waals surface area (Å²) in [5, 5.41) is 15.3. The summed E-state index contributed by atoms with van der Waals surface area (Å²) in [5.74, 6) is -1.90. The highest BCUT2D eigenvalue weighted by Gasteiger charge is 2.38. The Kier molecular flexibility index (Phi) is 9.22. The Morgan fingerprint density at radius 3 is 2.51 bits per heavy atom. The maximum atomic E-state index is 13.5. The molecule has 0 aliphatic rings. The Hall–Kier alpha value is -4.55. The molecule has 0 saturated carbocycles. The molecule has 0 aliphatic carbocycles. The smallest absolute Gasteiger partial charge is 0.407 e. The monoisotopic (exact) mass is 645 g/mol. The molecule has 0 amide bonds. The van der Waals surface area contributed by atoms with Gasteiger partial charge in [-0.15, -0.1) is 0 Å². The van der Waals surface area contributed by atoms with Crippen molar-refractivity contribution in [2.45, 2.75) is 56.7 Å². The number of benzene rings is 2. The number of aromatic amines is 1. The van der Waals surface area contributed by atoms with E-state index in [0.717, 1.165) is 25.5 Å². The largest absolute Gasteiger partial charge is 0.493 e. The first-order chi connectivity index (χ1) is 21.0. The summed E-state index contributed by atoms with van der Waals surface area (Å²) in [7, 11) is -2.79. The number of H-pyrrole nitrogens is 1. The maximum absolute atomic E-state index is 13.5. The molecule has 238 valence electrons. The van der Waals surface area contributed by atoms with E-state index in [0.29, 0.717) is 23.7 Å². The van der Waals surface area contributed by atoms with Gasteiger partial charge in [-0.05, 0) is 44.0 Å². The van der Waals surface area contributed by atoms with Gasteiger partial charge in [0, 0.05) is 13.5 Å². The van der Waals surface area contributed by atoms with Crippen molar-refractivity contribution in [3.05, 3.63) is 75.0 Å². The SMILES string of the molecule is [C-]#[N+]c1ccc(CC(=O)[C@@](C)(O)CS(=O)(=O)c2ccc(OCC)c(-c3nc4c(CCC)nn(C)c4c(=O)[nH]3)c2)cc1C(F)(F)F. The second-order valence-corrected chi connectivity index (χ2v) is 12.6. The fourth-order valence-electron chi connectivity index (χ4n) is 4.88. The van der Waals surface area contributed by atoms with Crippen LogP contribution < -0.4 is 10.3 Å². The van der Waals surface area contributed by atoms with E-state index in [1.54, 1.807) is 14.0 Å². The lowest BCUT2D eigenvalue weighted by Gasteiger charge is -2.22. The van der Waals surface area contributed by atoms with E-state index in [2.05, 4.69) is 19.9 Å². The third-order valence-electron chi connectivity index (χ3n) is 7.04. The second kappa shape index (κ2) is 12.4. The highest BCUT2D eigenvalue weighted by atomic mass is 32.2. The van der Waals surface area contributed by atoms with Crippen molar-refractivity contribution in [2.24, 2.45) is 7.05 Å². The fraction of sp³-hybridized carbons (Fsp3) is 0.367. The zero-order valence-electron chi connectivity index (χ0n) is 24.8. The zero-order chi connectivity index (χ0) is 33.3. The maximum Gasteiger partial charge on any atom is 0.407 e. The van der Waals surface area contributed by atoms with E-state index < -0.39 is 56.4 Å². The lowest BCUT2D eigenvalue weighted by atomic mass is 9.95. The number of carbonyl (C=O) groups excluding carboxylic acids is 1. The summed E-state index contributed by atoms with van der Waals surface area (Å²) in [6.45, 7) is 11.8. The van der Waals surface area contributed by atoms with Crippen molar-refractivity contribution in [3.8, 4) is 17.1 Å². The number of aryl methyl sites for hydroxylation is 2. The predicted molar refractivity (Wildman–Crippen MR) is 159 cm³/mol. The number of aromatic nitrogens is 4. The molecule has 2 aromatic carbocycles. The first-order valence-electron chi connectivity index (χ1n) is 13.8. The lowest BCUT2D eigenvalue weighted by molar-refractivity contribution is -0.137. The number of rotatable bonds is 11. The molecule has 2 aromatic heterocycles. The molecule has 0 spiro atoms. The summed E-state index contributed by atoms with van der Waals surface area (Å²) in [4.78, 5) is 35.8. The summed E-state index contributed by atoms with van der Waals surface area (Å²) < 4.78 is 74.3. The van der Waals surface area contributed by atoms with Crippen LogP contribution in [-0.2, 0) is 40.7 Å². The Balaban J connectivity index is 1.70. The standard InChI is InChI=1S/C30H30F3N5O6S/c1-6-8-22-25-26(38(5)37-22)28(40)36-27(35-25)19-15-18(10-12-23(19)44-7-2)45(42,43)16-29(3,41)24(39)14-17-9-11-21(34-4)20(13-17)30(31,32)33/h9-13,15,41H,6-8,14,16H2,1-3,5H3,(H,35,36,40)/t29-/m0/s1. The summed E-state index contributed by atoms with van der Waals surface area (Å²) in [6, 6.07) is 6.47. The lowest BCUT2D eigenvalue weighted by Crippen LogP contribution is -2.43. The van der Waals surface area contributed by atoms with Crippen molar-refractivity contribution in [1.82, 2.24) is 19.7 Å². The molecule has 15 heteroatoms. The molecule has 11 nitrogen and oxygen atoms in total. The van der Waals surface area contributed by atoms with E-state index in [-0.39, 0.29) is 39.7 Å². The van der Waals surface area contributed by atoms with Crippen molar-refractivity contribution in [1.29, 1.82) is 0 Å². The topological polar surface area (TPSA) is 149 Å². The first kappa shape index (κ1) is 33.3. The van der Waals surface area contributed by atoms with Crippen LogP contribution in [0.4, 0.5) is 18.9 Å². The van der Waals surface area contributed by atoms with Crippen LogP contribution in [0.3, 0.4) is 0 Å². The number of fused-ring (bicyclic) bond motifs is 1. The molecule has 45 heavy (non-hydrogen) atoms. The molecule has 4 aromatic rings. The molecule has 4 rings (SSSR count). The Morgan fingerprint density at radius 2 is 1.89 bits per heavy atom. The quantitative estimate of drug-likeness (QED) is 0.225. The van der Waals surface area contributed by atoms with Crippen LogP contribution in [0.5, 0.6) is 5.75 Å². The summed E-state index contributed by atoms with van der Waals surface area (Å²) in [5.41, 5.74) is -3.73. The number of ether oxygens (including phenoxy) is 1. The van der Waals surface area contributed by atoms with Gasteiger partial charge >= 0.3 is 6.18 Å². The molecule has 2 N–H and O–H groups in total. The Labute approximate surface area is 256 Å². The van der Waals surface area contributed by atoms with Gasteiger partial charge in [-0.2, -0.15) is 18.3 Å². The number of aliphatic hydroxyl groups is 1. The molecular weight excluding hydrogens is 615 g/mol. The number of halogens is 3. The number of nitrogens with one attached hydrogen (secondary N) is 1. The van der Waals surface area contributed by atoms with Crippen LogP contribution in [0.2, 0.25) is 0 Å². The minimum atomic E-state index is -4.85. The van der Waals surface area contributed by atoms with Crippen LogP contribution in [0.25, 0.3) is 27.3 Å². The van der Waals surface area contributed by atoms with Crippen LogP contribution in [-0.4, -0.2) is 57.0 Å². The molecular formula is C30H30F3N5O6S. The van der Waals surface area contributed by atoms with Gasteiger partial charge in [0.1, 0.15) is 22.7 Å². The van der Waals surface area contributed by atoms with Gasteiger partial charge in [-0.25, -0.2) is 18.2 Å². The van der Waals surface area contributed by atoms with E-state index in [1.165, 1.54) is 22.9 Å². The van der Waals surface area contributed by atoms with Crippen molar-refractivity contribution in [2.75, 3.05) is 12.4 Å². The number of sulfone groups is 1. The minimum absolute atomic E-state index is 0.0181. The van der Waals surface area contributed by atoms with E-state index >= 15 is 0 Å². The third kappa shape index (κ3) is 6.91. The van der Waals surface area contributed by atoms with Crippen LogP contribution >= 0.6 is 0 Å². The fourth-order valence-corrected chi connectivity index (χ4v) is 6.52. The number of carbonyl (C=O) groups is 1. The molecule has 1 atom stereocenters. The van der Waals surface area contributed by atoms with Gasteiger partial charge in [0.25, 0.3) is 5.56 Å². The zero-order valence-corrected chi connectivity index (χ0v) is 25.6. The molecule has 0 bridgehead atoms. The number of hydrogen-bond acceptors (Lipinski definition) is 8. The van der Waals surface area contributed by atoms with E-state index in [4.69, 9.17) is 11.3 Å². The van der Waals surface area contributed by atoms with Gasteiger partial charge in [0.2, 0.25) is 0 Å². The van der Waals surface area contributed by atoms with Gasteiger partial charge in [-0.3, -0.25) is 14.3 Å². The van der Waals surface area contributed by atoms with Crippen molar-refractivity contribution in [3.63, 3.8) is 0 Å². The highest BCUT2D eigenvalue weighted by molar-refractivity contribution is 7.91. The Morgan fingerprint density at radius 1 is 1.18 bits per heavy atom. The number of ketones is 1. The number of hydrogen-bond donors (Lipinski definition) is 2. The molecule has 0 saturated heterocycles. The summed E-state index contributed by atoms with van der Waals surface area (Å²) in [6.07, 6.45) is -4.28. The summed E-state index contributed by atoms with van der Waals surface area (Å²) >= 11 is 0. The normalized spacial score (nSPS) is 13.4. The molecule has 0 radical (unpaired) electrons. The predicted octanol–water partition coefficient (Wildman–Crippen LogP) is 4.58. The van der Waals surface area contributed by atoms with Gasteiger partial charge < -0.3 is 14.8 Å². The average Bonchev–Trinajstić information content (AvgIpc) is 3.27. The van der Waals surface area contributed by atoms with Crippen LogP contribution in [0, 0.1) is 6.57 Å². The van der Waals surface area contributed by atoms with Gasteiger partial charge in [-0.1, -0.05) is 31.5 Å². The third-order valence-corrected chi connectivity index (χ3v) is 8.95. The minimum Gasteiger partial charge on any atom is -0.493 e. The molecule has 2 heterocycles. The first-order valence-corrected chi connectivity index (χ1v) is 15.5. The number of alkyl halides is 3. The van der Waals surface area contributed by atoms with E-state index in [1.807, 2.05) is 6.92 Å². The molecule has 0 fully saturated rings. The van der Waals surface area contributed by atoms with Crippen molar-refractivity contribution >= 4 is 32.3 Å². The number of nitrogens with zero attached hydrogens (tertiary/aromatic N) is 4. The molecule has 0 aliphatic heterocycles. The van der Waals surface area contributed by atoms with Gasteiger partial charge in [0.05, 0.1) is 40.6 Å².